The van der Waals surface area contributed by atoms with Crippen molar-refractivity contribution >= 4 is 0 Å². The van der Waals surface area contributed by atoms with E-state index in [1.165, 1.54) is 102 Å². The minimum absolute atomic E-state index is 1.15. The van der Waals surface area contributed by atoms with Gasteiger partial charge < -0.3 is 0 Å². The zero-order valence-corrected chi connectivity index (χ0v) is 16.9. The quantitative estimate of drug-likeness (QED) is 0.238. The molecule has 140 valence electrons. The van der Waals surface area contributed by atoms with Crippen LogP contribution in [0.4, 0.5) is 0 Å². The molecule has 0 saturated heterocycles. The van der Waals surface area contributed by atoms with E-state index in [1.807, 2.05) is 0 Å². The van der Waals surface area contributed by atoms with Gasteiger partial charge in [-0.05, 0) is 19.3 Å². The van der Waals surface area contributed by atoms with Crippen LogP contribution < -0.4 is 4.57 Å². The summed E-state index contributed by atoms with van der Waals surface area (Å²) in [5.41, 5.74) is 0. The normalized spacial score (nSPS) is 11.3. The minimum atomic E-state index is 1.15. The summed E-state index contributed by atoms with van der Waals surface area (Å²) in [6.07, 6.45) is 24.3. The topological polar surface area (TPSA) is 8.81 Å². The fourth-order valence-corrected chi connectivity index (χ4v) is 3.56. The van der Waals surface area contributed by atoms with Crippen molar-refractivity contribution < 1.29 is 4.57 Å². The van der Waals surface area contributed by atoms with E-state index in [1.54, 1.807) is 0 Å². The van der Waals surface area contributed by atoms with Crippen LogP contribution in [-0.2, 0) is 13.1 Å². The minimum Gasteiger partial charge on any atom is -0.235 e. The van der Waals surface area contributed by atoms with Crippen molar-refractivity contribution in [1.29, 1.82) is 0 Å². The molecule has 0 spiro atoms. The fraction of sp³-hybridized carbons (Fsp3) is 0.864. The van der Waals surface area contributed by atoms with Gasteiger partial charge >= 0.3 is 0 Å². The van der Waals surface area contributed by atoms with E-state index in [4.69, 9.17) is 0 Å². The Morgan fingerprint density at radius 3 is 1.71 bits per heavy atom. The first-order valence-corrected chi connectivity index (χ1v) is 10.8. The number of imidazole rings is 1. The highest BCUT2D eigenvalue weighted by molar-refractivity contribution is 4.79. The van der Waals surface area contributed by atoms with E-state index in [2.05, 4.69) is 42.3 Å². The summed E-state index contributed by atoms with van der Waals surface area (Å²) < 4.78 is 4.80. The number of hydrogen-bond acceptors (Lipinski definition) is 0. The molecule has 1 aromatic heterocycles. The summed E-state index contributed by atoms with van der Waals surface area (Å²) in [6, 6.07) is 0. The molecule has 0 atom stereocenters. The zero-order valence-electron chi connectivity index (χ0n) is 16.9. The molecule has 1 aromatic rings. The molecule has 2 heteroatoms. The van der Waals surface area contributed by atoms with Gasteiger partial charge in [0.05, 0.1) is 13.1 Å². The first-order chi connectivity index (χ1) is 11.8. The van der Waals surface area contributed by atoms with Crippen LogP contribution in [0.3, 0.4) is 0 Å². The van der Waals surface area contributed by atoms with E-state index in [0.717, 1.165) is 6.54 Å². The molecule has 0 saturated carbocycles. The van der Waals surface area contributed by atoms with E-state index in [0.29, 0.717) is 0 Å². The van der Waals surface area contributed by atoms with Gasteiger partial charge in [0.15, 0.2) is 0 Å². The third-order valence-corrected chi connectivity index (χ3v) is 5.22. The highest BCUT2D eigenvalue weighted by atomic mass is 15.1. The zero-order chi connectivity index (χ0) is 17.5. The van der Waals surface area contributed by atoms with Crippen molar-refractivity contribution in [3.05, 3.63) is 18.2 Å². The lowest BCUT2D eigenvalue weighted by atomic mass is 10.0. The molecule has 2 nitrogen and oxygen atoms in total. The van der Waals surface area contributed by atoms with Crippen LogP contribution in [0.1, 0.15) is 110 Å². The third-order valence-electron chi connectivity index (χ3n) is 5.22. The van der Waals surface area contributed by atoms with Crippen LogP contribution >= 0.6 is 0 Å². The predicted molar refractivity (Wildman–Crippen MR) is 105 cm³/mol. The van der Waals surface area contributed by atoms with Crippen molar-refractivity contribution in [2.75, 3.05) is 0 Å². The summed E-state index contributed by atoms with van der Waals surface area (Å²) in [4.78, 5) is 0. The largest absolute Gasteiger partial charge is 0.253 e. The average Bonchev–Trinajstić information content (AvgIpc) is 2.93. The van der Waals surface area contributed by atoms with Gasteiger partial charge in [-0.15, -0.1) is 0 Å². The molecule has 1 rings (SSSR count). The molecule has 0 aromatic carbocycles. The first-order valence-electron chi connectivity index (χ1n) is 10.8. The SMILES string of the molecule is CCCCCCCCCCCCCCCn1cc[n+](CCC)c1C. The van der Waals surface area contributed by atoms with Crippen molar-refractivity contribution in [1.82, 2.24) is 4.57 Å². The highest BCUT2D eigenvalue weighted by Gasteiger charge is 2.10. The molecule has 24 heavy (non-hydrogen) atoms. The van der Waals surface area contributed by atoms with Crippen molar-refractivity contribution in [3.63, 3.8) is 0 Å². The second-order valence-electron chi connectivity index (χ2n) is 7.47. The number of hydrogen-bond donors (Lipinski definition) is 0. The second kappa shape index (κ2) is 14.5. The first kappa shape index (κ1) is 21.3. The molecular weight excluding hydrogens is 292 g/mol. The van der Waals surface area contributed by atoms with Crippen LogP contribution in [0.15, 0.2) is 12.4 Å². The van der Waals surface area contributed by atoms with Gasteiger partial charge in [-0.1, -0.05) is 84.5 Å². The Kier molecular flexibility index (Phi) is 12.9. The van der Waals surface area contributed by atoms with Gasteiger partial charge in [0.25, 0.3) is 5.82 Å². The van der Waals surface area contributed by atoms with Gasteiger partial charge in [0.2, 0.25) is 0 Å². The molecule has 0 radical (unpaired) electrons. The van der Waals surface area contributed by atoms with E-state index >= 15 is 0 Å². The molecule has 0 aliphatic heterocycles. The average molecular weight is 336 g/mol. The predicted octanol–water partition coefficient (Wildman–Crippen LogP) is 6.59. The Hall–Kier alpha value is -0.790. The monoisotopic (exact) mass is 335 g/mol. The Labute approximate surface area is 151 Å². The van der Waals surface area contributed by atoms with Crippen molar-refractivity contribution in [2.24, 2.45) is 0 Å². The molecule has 0 N–H and O–H groups in total. The van der Waals surface area contributed by atoms with Gasteiger partial charge in [-0.3, -0.25) is 0 Å². The van der Waals surface area contributed by atoms with Gasteiger partial charge in [-0.2, -0.15) is 0 Å². The number of aromatic nitrogens is 2. The Morgan fingerprint density at radius 1 is 0.708 bits per heavy atom. The molecular formula is C22H43N2+. The Morgan fingerprint density at radius 2 is 1.21 bits per heavy atom. The molecule has 0 bridgehead atoms. The smallest absolute Gasteiger partial charge is 0.235 e. The summed E-state index contributed by atoms with van der Waals surface area (Å²) in [5.74, 6) is 1.41. The van der Waals surface area contributed by atoms with Crippen LogP contribution in [0, 0.1) is 6.92 Å². The maximum absolute atomic E-state index is 2.42. The Balaban J connectivity index is 1.89. The lowest BCUT2D eigenvalue weighted by molar-refractivity contribution is -0.702. The van der Waals surface area contributed by atoms with Crippen LogP contribution in [-0.4, -0.2) is 4.57 Å². The highest BCUT2D eigenvalue weighted by Crippen LogP contribution is 2.12. The van der Waals surface area contributed by atoms with Crippen LogP contribution in [0.5, 0.6) is 0 Å². The van der Waals surface area contributed by atoms with E-state index in [-0.39, 0.29) is 0 Å². The number of nitrogens with zero attached hydrogens (tertiary/aromatic N) is 2. The lowest BCUT2D eigenvalue weighted by Crippen LogP contribution is -2.35. The molecule has 0 unspecified atom stereocenters. The maximum atomic E-state index is 2.42. The van der Waals surface area contributed by atoms with Gasteiger partial charge in [0, 0.05) is 6.92 Å². The Bertz CT molecular complexity index is 395. The third kappa shape index (κ3) is 9.49. The van der Waals surface area contributed by atoms with Crippen LogP contribution in [0.2, 0.25) is 0 Å². The van der Waals surface area contributed by atoms with E-state index in [9.17, 15) is 0 Å². The van der Waals surface area contributed by atoms with Gasteiger partial charge in [0.1, 0.15) is 12.4 Å². The summed E-state index contributed by atoms with van der Waals surface area (Å²) in [5, 5.41) is 0. The molecule has 0 aliphatic rings. The molecule has 0 aliphatic carbocycles. The molecule has 0 amide bonds. The summed E-state index contributed by atoms with van der Waals surface area (Å²) in [7, 11) is 0. The van der Waals surface area contributed by atoms with E-state index < -0.39 is 0 Å². The summed E-state index contributed by atoms with van der Waals surface area (Å²) in [6.45, 7) is 9.13. The standard InChI is InChI=1S/C22H43N2/c1-4-6-7-8-9-10-11-12-13-14-15-16-17-19-24-21-20-23(18-5-2)22(24)3/h20-21H,4-19H2,1-3H3/q+1. The molecule has 1 heterocycles. The van der Waals surface area contributed by atoms with Crippen molar-refractivity contribution in [3.8, 4) is 0 Å². The number of rotatable bonds is 16. The number of unbranched alkanes of at least 4 members (excludes halogenated alkanes) is 12. The summed E-state index contributed by atoms with van der Waals surface area (Å²) >= 11 is 0. The van der Waals surface area contributed by atoms with Crippen molar-refractivity contribution in [2.45, 2.75) is 124 Å². The number of aryl methyl sites for hydroxylation is 2. The maximum Gasteiger partial charge on any atom is 0.253 e. The lowest BCUT2D eigenvalue weighted by Gasteiger charge is -2.03. The second-order valence-corrected chi connectivity index (χ2v) is 7.47. The fourth-order valence-electron chi connectivity index (χ4n) is 3.56. The van der Waals surface area contributed by atoms with Gasteiger partial charge in [-0.25, -0.2) is 9.13 Å². The molecule has 0 fully saturated rings. The van der Waals surface area contributed by atoms with Crippen LogP contribution in [0.25, 0.3) is 0 Å².